The van der Waals surface area contributed by atoms with Gasteiger partial charge in [0.2, 0.25) is 5.91 Å². The van der Waals surface area contributed by atoms with E-state index >= 15 is 0 Å². The Morgan fingerprint density at radius 1 is 1.10 bits per heavy atom. The number of likely N-dealkylation sites (N-methyl/N-ethyl adjacent to an activating group) is 1. The van der Waals surface area contributed by atoms with E-state index in [1.165, 1.54) is 28.2 Å². The summed E-state index contributed by atoms with van der Waals surface area (Å²) in [6.07, 6.45) is 0.877. The Kier molecular flexibility index (Phi) is 6.55. The van der Waals surface area contributed by atoms with E-state index in [2.05, 4.69) is 57.8 Å². The average molecular weight is 421 g/mol. The van der Waals surface area contributed by atoms with Crippen molar-refractivity contribution >= 4 is 17.4 Å². The summed E-state index contributed by atoms with van der Waals surface area (Å²) in [6, 6.07) is 19.1. The van der Waals surface area contributed by atoms with Gasteiger partial charge in [-0.1, -0.05) is 64.6 Å². The molecule has 0 N–H and O–H groups in total. The zero-order valence-corrected chi connectivity index (χ0v) is 18.4. The Morgan fingerprint density at radius 3 is 2.53 bits per heavy atom. The van der Waals surface area contributed by atoms with E-state index in [0.717, 1.165) is 31.7 Å². The van der Waals surface area contributed by atoms with Crippen molar-refractivity contribution in [3.05, 3.63) is 82.4 Å². The molecule has 1 amide bonds. The molecule has 0 radical (unpaired) electrons. The summed E-state index contributed by atoms with van der Waals surface area (Å²) in [4.78, 5) is 17.0. The Balaban J connectivity index is 1.40. The number of hydrogen-bond acceptors (Lipinski definition) is 5. The Morgan fingerprint density at radius 2 is 1.83 bits per heavy atom. The average Bonchev–Trinajstić information content (AvgIpc) is 3.43. The van der Waals surface area contributed by atoms with E-state index in [-0.39, 0.29) is 11.8 Å². The molecule has 2 aromatic carbocycles. The molecule has 0 bridgehead atoms. The largest absolute Gasteiger partial charge is 0.344 e. The van der Waals surface area contributed by atoms with Crippen molar-refractivity contribution in [2.24, 2.45) is 0 Å². The number of hydrogen-bond donors (Lipinski definition) is 0. The van der Waals surface area contributed by atoms with Crippen LogP contribution in [-0.2, 0) is 11.2 Å². The maximum absolute atomic E-state index is 12.9. The molecule has 2 heterocycles. The quantitative estimate of drug-likeness (QED) is 0.584. The number of carbonyl (C=O) groups is 1. The van der Waals surface area contributed by atoms with Crippen LogP contribution in [0.3, 0.4) is 0 Å². The van der Waals surface area contributed by atoms with E-state index in [9.17, 15) is 4.79 Å². The fourth-order valence-electron chi connectivity index (χ4n) is 4.18. The van der Waals surface area contributed by atoms with Crippen LogP contribution in [0.4, 0.5) is 0 Å². The summed E-state index contributed by atoms with van der Waals surface area (Å²) in [5.74, 6) is 0.774. The fourth-order valence-corrected chi connectivity index (χ4v) is 4.70. The molecule has 30 heavy (non-hydrogen) atoms. The van der Waals surface area contributed by atoms with E-state index in [1.807, 2.05) is 35.5 Å². The van der Waals surface area contributed by atoms with Gasteiger partial charge in [-0.05, 0) is 36.0 Å². The van der Waals surface area contributed by atoms with Crippen molar-refractivity contribution < 1.29 is 4.79 Å². The number of carbonyl (C=O) groups excluding carboxylic acids is 1. The van der Waals surface area contributed by atoms with E-state index < -0.39 is 0 Å². The maximum Gasteiger partial charge on any atom is 0.236 e. The lowest BCUT2D eigenvalue weighted by Crippen LogP contribution is -2.38. The molecule has 0 aliphatic carbocycles. The van der Waals surface area contributed by atoms with Crippen LogP contribution in [0, 0.1) is 6.92 Å². The van der Waals surface area contributed by atoms with Crippen LogP contribution >= 0.6 is 11.5 Å². The Labute approximate surface area is 182 Å². The molecular formula is C24H28N4OS. The van der Waals surface area contributed by atoms with Crippen molar-refractivity contribution in [2.75, 3.05) is 33.2 Å². The van der Waals surface area contributed by atoms with Crippen LogP contribution in [0.25, 0.3) is 0 Å². The SMILES string of the molecule is Cc1ccc([C@@H]2CN(CC(=O)N(C)CCc3ccccc3)C[C@H]2c2csnn2)cc1. The standard InChI is InChI=1S/C24H28N4OS/c1-18-8-10-20(11-9-18)21-14-28(15-22(21)23-17-30-26-25-23)16-24(29)27(2)13-12-19-6-4-3-5-7-19/h3-11,17,21-22H,12-16H2,1-2H3/t21-,22+/m0/s1. The molecule has 4 rings (SSSR count). The van der Waals surface area contributed by atoms with Gasteiger partial charge in [0.1, 0.15) is 0 Å². The smallest absolute Gasteiger partial charge is 0.236 e. The summed E-state index contributed by atoms with van der Waals surface area (Å²) in [5, 5.41) is 6.39. The monoisotopic (exact) mass is 420 g/mol. The molecule has 3 aromatic rings. The highest BCUT2D eigenvalue weighted by Gasteiger charge is 2.37. The summed E-state index contributed by atoms with van der Waals surface area (Å²) in [5.41, 5.74) is 4.87. The minimum Gasteiger partial charge on any atom is -0.344 e. The summed E-state index contributed by atoms with van der Waals surface area (Å²) in [7, 11) is 1.90. The van der Waals surface area contributed by atoms with Crippen molar-refractivity contribution in [2.45, 2.75) is 25.2 Å². The minimum atomic E-state index is 0.172. The van der Waals surface area contributed by atoms with Crippen molar-refractivity contribution in [3.63, 3.8) is 0 Å². The first kappa shape index (κ1) is 20.7. The van der Waals surface area contributed by atoms with Gasteiger partial charge < -0.3 is 4.90 Å². The van der Waals surface area contributed by atoms with Gasteiger partial charge in [-0.25, -0.2) is 0 Å². The number of rotatable bonds is 7. The predicted molar refractivity (Wildman–Crippen MR) is 121 cm³/mol. The number of nitrogens with zero attached hydrogens (tertiary/aromatic N) is 4. The molecule has 1 fully saturated rings. The topological polar surface area (TPSA) is 49.3 Å². The molecule has 1 saturated heterocycles. The van der Waals surface area contributed by atoms with E-state index in [0.29, 0.717) is 12.5 Å². The van der Waals surface area contributed by atoms with Crippen molar-refractivity contribution in [1.29, 1.82) is 0 Å². The first-order chi connectivity index (χ1) is 14.6. The summed E-state index contributed by atoms with van der Waals surface area (Å²) < 4.78 is 4.07. The molecule has 5 nitrogen and oxygen atoms in total. The lowest BCUT2D eigenvalue weighted by molar-refractivity contribution is -0.130. The third kappa shape index (κ3) is 4.94. The predicted octanol–water partition coefficient (Wildman–Crippen LogP) is 3.73. The number of aryl methyl sites for hydroxylation is 1. The second kappa shape index (κ2) is 9.49. The molecule has 0 spiro atoms. The minimum absolute atomic E-state index is 0.172. The van der Waals surface area contributed by atoms with Gasteiger partial charge in [0, 0.05) is 43.9 Å². The molecule has 1 aliphatic heterocycles. The molecule has 2 atom stereocenters. The second-order valence-electron chi connectivity index (χ2n) is 8.20. The Hall–Kier alpha value is -2.57. The van der Waals surface area contributed by atoms with Gasteiger partial charge in [-0.3, -0.25) is 9.69 Å². The number of benzene rings is 2. The first-order valence-corrected chi connectivity index (χ1v) is 11.3. The summed E-state index contributed by atoms with van der Waals surface area (Å²) >= 11 is 1.40. The molecule has 6 heteroatoms. The highest BCUT2D eigenvalue weighted by atomic mass is 32.1. The van der Waals surface area contributed by atoms with Crippen molar-refractivity contribution in [3.8, 4) is 0 Å². The van der Waals surface area contributed by atoms with E-state index in [1.54, 1.807) is 0 Å². The number of likely N-dealkylation sites (tertiary alicyclic amines) is 1. The number of aromatic nitrogens is 2. The summed E-state index contributed by atoms with van der Waals surface area (Å²) in [6.45, 7) is 4.99. The second-order valence-corrected chi connectivity index (χ2v) is 8.81. The molecule has 1 aliphatic rings. The van der Waals surface area contributed by atoms with Gasteiger partial charge in [-0.15, -0.1) is 5.10 Å². The van der Waals surface area contributed by atoms with Crippen molar-refractivity contribution in [1.82, 2.24) is 19.4 Å². The van der Waals surface area contributed by atoms with Gasteiger partial charge >= 0.3 is 0 Å². The van der Waals surface area contributed by atoms with Gasteiger partial charge in [0.15, 0.2) is 0 Å². The zero-order valence-electron chi connectivity index (χ0n) is 17.6. The highest BCUT2D eigenvalue weighted by molar-refractivity contribution is 7.03. The van der Waals surface area contributed by atoms with Crippen LogP contribution in [0.15, 0.2) is 60.0 Å². The van der Waals surface area contributed by atoms with Gasteiger partial charge in [0.05, 0.1) is 12.2 Å². The van der Waals surface area contributed by atoms with Crippen LogP contribution in [-0.4, -0.2) is 58.5 Å². The van der Waals surface area contributed by atoms with Crippen LogP contribution in [0.5, 0.6) is 0 Å². The van der Waals surface area contributed by atoms with E-state index in [4.69, 9.17) is 0 Å². The van der Waals surface area contributed by atoms with Crippen LogP contribution in [0.1, 0.15) is 34.2 Å². The lowest BCUT2D eigenvalue weighted by Gasteiger charge is -2.21. The molecule has 0 saturated carbocycles. The molecule has 156 valence electrons. The third-order valence-corrected chi connectivity index (χ3v) is 6.54. The first-order valence-electron chi connectivity index (χ1n) is 10.4. The maximum atomic E-state index is 12.9. The van der Waals surface area contributed by atoms with Crippen LogP contribution < -0.4 is 0 Å². The van der Waals surface area contributed by atoms with Crippen LogP contribution in [0.2, 0.25) is 0 Å². The third-order valence-electron chi connectivity index (χ3n) is 6.02. The Bertz CT molecular complexity index is 943. The van der Waals surface area contributed by atoms with Gasteiger partial charge in [0.25, 0.3) is 0 Å². The normalized spacial score (nSPS) is 19.1. The lowest BCUT2D eigenvalue weighted by atomic mass is 9.87. The van der Waals surface area contributed by atoms with Gasteiger partial charge in [-0.2, -0.15) is 0 Å². The molecule has 0 unspecified atom stereocenters. The highest BCUT2D eigenvalue weighted by Crippen LogP contribution is 2.39. The fraction of sp³-hybridized carbons (Fsp3) is 0.375. The zero-order chi connectivity index (χ0) is 20.9. The molecule has 1 aromatic heterocycles. The number of amides is 1. The molecular weight excluding hydrogens is 392 g/mol.